The van der Waals surface area contributed by atoms with E-state index in [0.29, 0.717) is 11.4 Å². The number of carboxylic acids is 1. The Morgan fingerprint density at radius 1 is 1.06 bits per heavy atom. The topological polar surface area (TPSA) is 118 Å². The summed E-state index contributed by atoms with van der Waals surface area (Å²) < 4.78 is 42.9. The summed E-state index contributed by atoms with van der Waals surface area (Å²) in [4.78, 5) is 13.6. The van der Waals surface area contributed by atoms with Crippen LogP contribution in [-0.2, 0) is 4.79 Å². The first-order valence-electron chi connectivity index (χ1n) is 9.06. The number of carboxylic acid groups (broad SMARTS) is 1. The van der Waals surface area contributed by atoms with Crippen LogP contribution in [0, 0.1) is 6.92 Å². The molecule has 0 aliphatic carbocycles. The second-order valence-electron chi connectivity index (χ2n) is 6.60. The van der Waals surface area contributed by atoms with E-state index in [1.165, 1.54) is 0 Å². The van der Waals surface area contributed by atoms with Gasteiger partial charge in [0.2, 0.25) is 0 Å². The number of rotatable bonds is 3. The van der Waals surface area contributed by atoms with E-state index in [0.717, 1.165) is 38.7 Å². The number of methoxy groups -OCH3 is 2. The number of nitrogens with one attached hydrogen (secondary N) is 1. The maximum absolute atomic E-state index is 10.6. The predicted octanol–water partition coefficient (Wildman–Crippen LogP) is 4.44. The first-order valence-corrected chi connectivity index (χ1v) is 9.06. The summed E-state index contributed by atoms with van der Waals surface area (Å²) in [5, 5.41) is 26.6. The number of benzene rings is 2. The number of aromatic hydroxyl groups is 1. The van der Waals surface area contributed by atoms with Gasteiger partial charge in [0.1, 0.15) is 17.2 Å². The summed E-state index contributed by atoms with van der Waals surface area (Å²) in [6.07, 6.45) is -3.32. The fourth-order valence-electron chi connectivity index (χ4n) is 3.22. The molecule has 3 N–H and O–H groups in total. The number of hydrogen-bond acceptors (Lipinski definition) is 6. The monoisotopic (exact) mass is 449 g/mol. The number of alkyl halides is 3. The number of fused-ring (bicyclic) bond motifs is 3. The number of hydrogen-bond donors (Lipinski definition) is 3. The van der Waals surface area contributed by atoms with Crippen LogP contribution in [0.25, 0.3) is 33.1 Å². The molecule has 2 aromatic heterocycles. The van der Waals surface area contributed by atoms with Crippen LogP contribution in [0.15, 0.2) is 36.5 Å². The molecule has 4 aromatic rings. The number of nitrogens with zero attached hydrogens (tertiary/aromatic N) is 2. The lowest BCUT2D eigenvalue weighted by molar-refractivity contribution is -0.192. The smallest absolute Gasteiger partial charge is 0.490 e. The number of halogens is 3. The Balaban J connectivity index is 0.000000360. The van der Waals surface area contributed by atoms with Crippen molar-refractivity contribution in [1.82, 2.24) is 15.2 Å². The van der Waals surface area contributed by atoms with E-state index in [4.69, 9.17) is 24.4 Å². The summed E-state index contributed by atoms with van der Waals surface area (Å²) in [5.41, 5.74) is 3.32. The van der Waals surface area contributed by atoms with Gasteiger partial charge in [0, 0.05) is 22.4 Å². The third-order valence-corrected chi connectivity index (χ3v) is 4.68. The molecule has 0 fully saturated rings. The summed E-state index contributed by atoms with van der Waals surface area (Å²) in [6, 6.07) is 8.82. The molecule has 0 spiro atoms. The first-order chi connectivity index (χ1) is 15.1. The fourth-order valence-corrected chi connectivity index (χ4v) is 3.22. The van der Waals surface area contributed by atoms with Crippen molar-refractivity contribution in [3.63, 3.8) is 0 Å². The maximum atomic E-state index is 10.6. The van der Waals surface area contributed by atoms with Gasteiger partial charge in [-0.05, 0) is 36.8 Å². The molecule has 168 valence electrons. The number of aryl methyl sites for hydroxylation is 1. The van der Waals surface area contributed by atoms with Crippen molar-refractivity contribution < 1.29 is 37.7 Å². The van der Waals surface area contributed by atoms with Gasteiger partial charge in [0.15, 0.2) is 5.65 Å². The Morgan fingerprint density at radius 2 is 1.66 bits per heavy atom. The van der Waals surface area contributed by atoms with Gasteiger partial charge < -0.3 is 19.7 Å². The number of aromatic amines is 1. The highest BCUT2D eigenvalue weighted by Gasteiger charge is 2.38. The van der Waals surface area contributed by atoms with Gasteiger partial charge in [-0.15, -0.1) is 0 Å². The first kappa shape index (κ1) is 22.7. The maximum Gasteiger partial charge on any atom is 0.490 e. The third kappa shape index (κ3) is 4.22. The Bertz CT molecular complexity index is 1280. The van der Waals surface area contributed by atoms with Crippen molar-refractivity contribution in [2.45, 2.75) is 13.1 Å². The predicted molar refractivity (Wildman–Crippen MR) is 110 cm³/mol. The van der Waals surface area contributed by atoms with Gasteiger partial charge in [-0.1, -0.05) is 0 Å². The van der Waals surface area contributed by atoms with E-state index in [9.17, 15) is 18.3 Å². The van der Waals surface area contributed by atoms with Crippen molar-refractivity contribution in [3.8, 4) is 28.5 Å². The summed E-state index contributed by atoms with van der Waals surface area (Å²) in [6.45, 7) is 2.01. The van der Waals surface area contributed by atoms with Gasteiger partial charge in [0.05, 0.1) is 31.5 Å². The second-order valence-corrected chi connectivity index (χ2v) is 6.60. The van der Waals surface area contributed by atoms with Crippen molar-refractivity contribution in [2.75, 3.05) is 14.2 Å². The zero-order valence-electron chi connectivity index (χ0n) is 17.1. The van der Waals surface area contributed by atoms with Crippen molar-refractivity contribution in [3.05, 3.63) is 42.1 Å². The highest BCUT2D eigenvalue weighted by Crippen LogP contribution is 2.43. The number of aromatic nitrogens is 3. The van der Waals surface area contributed by atoms with Crippen molar-refractivity contribution >= 4 is 27.8 Å². The van der Waals surface area contributed by atoms with E-state index in [1.54, 1.807) is 32.5 Å². The van der Waals surface area contributed by atoms with Gasteiger partial charge in [0.25, 0.3) is 0 Å². The second kappa shape index (κ2) is 8.61. The van der Waals surface area contributed by atoms with Crippen LogP contribution in [0.1, 0.15) is 5.56 Å². The quantitative estimate of drug-likeness (QED) is 0.423. The average Bonchev–Trinajstić information content (AvgIpc) is 3.22. The SMILES string of the molecule is COc1cc(OC)c2c(-c3ccc(O)cc3)nc3[nH]ncc3c2c1C.O=C(O)C(F)(F)F. The number of carbonyl (C=O) groups is 1. The Hall–Kier alpha value is -4.02. The Labute approximate surface area is 179 Å². The molecule has 0 unspecified atom stereocenters. The van der Waals surface area contributed by atoms with Gasteiger partial charge in [-0.25, -0.2) is 9.78 Å². The lowest BCUT2D eigenvalue weighted by atomic mass is 9.97. The van der Waals surface area contributed by atoms with E-state index < -0.39 is 12.1 Å². The highest BCUT2D eigenvalue weighted by molar-refractivity contribution is 6.14. The van der Waals surface area contributed by atoms with Crippen LogP contribution < -0.4 is 9.47 Å². The minimum Gasteiger partial charge on any atom is -0.508 e. The fraction of sp³-hybridized carbons (Fsp3) is 0.190. The number of H-pyrrole nitrogens is 1. The molecule has 2 heterocycles. The van der Waals surface area contributed by atoms with Gasteiger partial charge >= 0.3 is 12.1 Å². The minimum absolute atomic E-state index is 0.209. The molecule has 4 rings (SSSR count). The Morgan fingerprint density at radius 3 is 2.19 bits per heavy atom. The van der Waals surface area contributed by atoms with Crippen molar-refractivity contribution in [2.24, 2.45) is 0 Å². The van der Waals surface area contributed by atoms with E-state index in [2.05, 4.69) is 10.2 Å². The molecule has 0 aliphatic heterocycles. The third-order valence-electron chi connectivity index (χ3n) is 4.68. The number of phenolic OH excluding ortho intramolecular Hbond substituents is 1. The van der Waals surface area contributed by atoms with Crippen molar-refractivity contribution in [1.29, 1.82) is 0 Å². The zero-order chi connectivity index (χ0) is 23.6. The average molecular weight is 449 g/mol. The van der Waals surface area contributed by atoms with Crippen LogP contribution in [0.2, 0.25) is 0 Å². The molecule has 0 bridgehead atoms. The standard InChI is InChI=1S/C19H17N3O3.C2HF3O2/c1-10-14(24-2)8-15(25-3)17-16(10)13-9-20-22-19(13)21-18(17)11-4-6-12(23)7-5-11;3-2(4,5)1(6)7/h4-9,23H,1-3H3,(H,20,21,22);(H,6,7). The summed E-state index contributed by atoms with van der Waals surface area (Å²) in [7, 11) is 3.27. The summed E-state index contributed by atoms with van der Waals surface area (Å²) in [5.74, 6) is -1.13. The number of ether oxygens (including phenoxy) is 2. The van der Waals surface area contributed by atoms with Crippen LogP contribution >= 0.6 is 0 Å². The van der Waals surface area contributed by atoms with E-state index >= 15 is 0 Å². The molecule has 0 saturated carbocycles. The minimum atomic E-state index is -5.08. The van der Waals surface area contributed by atoms with Gasteiger partial charge in [-0.3, -0.25) is 5.10 Å². The molecule has 11 heteroatoms. The zero-order valence-corrected chi connectivity index (χ0v) is 17.1. The van der Waals surface area contributed by atoms with Crippen LogP contribution in [0.3, 0.4) is 0 Å². The molecule has 0 aliphatic rings. The molecular formula is C21H18F3N3O5. The molecule has 8 nitrogen and oxygen atoms in total. The van der Waals surface area contributed by atoms with E-state index in [-0.39, 0.29) is 5.75 Å². The molecule has 0 radical (unpaired) electrons. The van der Waals surface area contributed by atoms with E-state index in [1.807, 2.05) is 25.1 Å². The largest absolute Gasteiger partial charge is 0.508 e. The molecule has 0 amide bonds. The molecule has 32 heavy (non-hydrogen) atoms. The molecular weight excluding hydrogens is 431 g/mol. The molecule has 2 aromatic carbocycles. The van der Waals surface area contributed by atoms with Crippen LogP contribution in [0.5, 0.6) is 17.2 Å². The number of phenols is 1. The lowest BCUT2D eigenvalue weighted by Gasteiger charge is -2.16. The molecule has 0 atom stereocenters. The normalized spacial score (nSPS) is 11.2. The highest BCUT2D eigenvalue weighted by atomic mass is 19.4. The van der Waals surface area contributed by atoms with Crippen LogP contribution in [0.4, 0.5) is 13.2 Å². The molecule has 0 saturated heterocycles. The lowest BCUT2D eigenvalue weighted by Crippen LogP contribution is -2.21. The van der Waals surface area contributed by atoms with Gasteiger partial charge in [-0.2, -0.15) is 18.3 Å². The summed E-state index contributed by atoms with van der Waals surface area (Å²) >= 11 is 0. The number of aliphatic carboxylic acids is 1. The number of pyridine rings is 1. The van der Waals surface area contributed by atoms with Crippen LogP contribution in [-0.4, -0.2) is 51.8 Å². The Kier molecular flexibility index (Phi) is 6.10.